The molecule has 23 heavy (non-hydrogen) atoms. The molecule has 0 aliphatic heterocycles. The van der Waals surface area contributed by atoms with Gasteiger partial charge in [-0.3, -0.25) is 4.98 Å². The third-order valence-corrected chi connectivity index (χ3v) is 5.72. The quantitative estimate of drug-likeness (QED) is 0.480. The van der Waals surface area contributed by atoms with Gasteiger partial charge in [0.15, 0.2) is 11.0 Å². The number of hydrogen-bond acceptors (Lipinski definition) is 5. The summed E-state index contributed by atoms with van der Waals surface area (Å²) in [5, 5.41) is 10.2. The van der Waals surface area contributed by atoms with Crippen molar-refractivity contribution >= 4 is 35.1 Å². The van der Waals surface area contributed by atoms with Gasteiger partial charge in [0.25, 0.3) is 0 Å². The van der Waals surface area contributed by atoms with Crippen molar-refractivity contribution in [1.29, 1.82) is 0 Å². The average Bonchev–Trinajstić information content (AvgIpc) is 2.95. The third kappa shape index (κ3) is 4.28. The number of benzene rings is 1. The fraction of sp³-hybridized carbons (Fsp3) is 0.188. The van der Waals surface area contributed by atoms with Crippen molar-refractivity contribution in [1.82, 2.24) is 19.7 Å². The summed E-state index contributed by atoms with van der Waals surface area (Å²) in [6, 6.07) is 11.8. The molecule has 0 unspecified atom stereocenters. The van der Waals surface area contributed by atoms with E-state index in [0.29, 0.717) is 0 Å². The molecule has 0 bridgehead atoms. The van der Waals surface area contributed by atoms with Crippen LogP contribution in [0.1, 0.15) is 0 Å². The van der Waals surface area contributed by atoms with Crippen molar-refractivity contribution in [2.24, 2.45) is 7.05 Å². The molecule has 0 atom stereocenters. The maximum Gasteiger partial charge on any atom is 0.191 e. The molecule has 0 spiro atoms. The van der Waals surface area contributed by atoms with Crippen LogP contribution in [0.5, 0.6) is 0 Å². The lowest BCUT2D eigenvalue weighted by molar-refractivity contribution is 0.794. The van der Waals surface area contributed by atoms with Crippen molar-refractivity contribution in [2.75, 3.05) is 11.5 Å². The SMILES string of the molecule is Cn1c(SCCSc2ccc(Cl)cc2)nnc1-c1ccncc1. The molecule has 0 saturated carbocycles. The van der Waals surface area contributed by atoms with Gasteiger partial charge in [0.2, 0.25) is 0 Å². The highest BCUT2D eigenvalue weighted by atomic mass is 35.5. The average molecular weight is 363 g/mol. The first-order valence-corrected chi connectivity index (χ1v) is 9.40. The minimum Gasteiger partial charge on any atom is -0.305 e. The first-order valence-electron chi connectivity index (χ1n) is 7.05. The van der Waals surface area contributed by atoms with Gasteiger partial charge in [0, 0.05) is 46.4 Å². The molecule has 0 radical (unpaired) electrons. The summed E-state index contributed by atoms with van der Waals surface area (Å²) in [6.07, 6.45) is 3.53. The second kappa shape index (κ2) is 7.86. The molecule has 0 saturated heterocycles. The van der Waals surface area contributed by atoms with Crippen LogP contribution in [0.25, 0.3) is 11.4 Å². The molecule has 0 aliphatic rings. The summed E-state index contributed by atoms with van der Waals surface area (Å²) in [5.74, 6) is 2.83. The van der Waals surface area contributed by atoms with Crippen LogP contribution >= 0.6 is 35.1 Å². The van der Waals surface area contributed by atoms with Gasteiger partial charge in [0.1, 0.15) is 0 Å². The first-order chi connectivity index (χ1) is 11.2. The van der Waals surface area contributed by atoms with Crippen LogP contribution in [-0.2, 0) is 7.05 Å². The van der Waals surface area contributed by atoms with Crippen molar-refractivity contribution in [2.45, 2.75) is 10.1 Å². The second-order valence-electron chi connectivity index (χ2n) is 4.75. The molecular formula is C16H15ClN4S2. The molecule has 0 fully saturated rings. The van der Waals surface area contributed by atoms with E-state index < -0.39 is 0 Å². The van der Waals surface area contributed by atoms with Gasteiger partial charge in [-0.05, 0) is 36.4 Å². The molecule has 0 aliphatic carbocycles. The molecule has 2 aromatic heterocycles. The molecule has 0 N–H and O–H groups in total. The van der Waals surface area contributed by atoms with Crippen LogP contribution in [0.15, 0.2) is 58.8 Å². The van der Waals surface area contributed by atoms with E-state index in [1.54, 1.807) is 24.2 Å². The molecule has 3 rings (SSSR count). The number of nitrogens with zero attached hydrogens (tertiary/aromatic N) is 4. The van der Waals surface area contributed by atoms with Gasteiger partial charge in [-0.15, -0.1) is 22.0 Å². The third-order valence-electron chi connectivity index (χ3n) is 3.17. The summed E-state index contributed by atoms with van der Waals surface area (Å²) in [6.45, 7) is 0. The monoisotopic (exact) mass is 362 g/mol. The lowest BCUT2D eigenvalue weighted by Gasteiger charge is -2.04. The van der Waals surface area contributed by atoms with E-state index in [1.165, 1.54) is 4.90 Å². The maximum atomic E-state index is 5.89. The summed E-state index contributed by atoms with van der Waals surface area (Å²) in [4.78, 5) is 5.26. The normalized spacial score (nSPS) is 10.9. The smallest absolute Gasteiger partial charge is 0.191 e. The Morgan fingerprint density at radius 2 is 1.65 bits per heavy atom. The van der Waals surface area contributed by atoms with Crippen molar-refractivity contribution in [3.8, 4) is 11.4 Å². The standard InChI is InChI=1S/C16H15ClN4S2/c1-21-15(12-6-8-18-9-7-12)19-20-16(21)23-11-10-22-14-4-2-13(17)3-5-14/h2-9H,10-11H2,1H3. The maximum absolute atomic E-state index is 5.89. The zero-order valence-corrected chi connectivity index (χ0v) is 14.9. The van der Waals surface area contributed by atoms with Crippen LogP contribution in [0.4, 0.5) is 0 Å². The Labute approximate surface area is 148 Å². The Kier molecular flexibility index (Phi) is 5.59. The Hall–Kier alpha value is -1.50. The van der Waals surface area contributed by atoms with E-state index in [-0.39, 0.29) is 0 Å². The number of aromatic nitrogens is 4. The minimum absolute atomic E-state index is 0.770. The number of hydrogen-bond donors (Lipinski definition) is 0. The first kappa shape index (κ1) is 16.4. The van der Waals surface area contributed by atoms with Gasteiger partial charge >= 0.3 is 0 Å². The molecule has 2 heterocycles. The topological polar surface area (TPSA) is 43.6 Å². The van der Waals surface area contributed by atoms with Crippen LogP contribution < -0.4 is 0 Å². The fourth-order valence-corrected chi connectivity index (χ4v) is 3.93. The largest absolute Gasteiger partial charge is 0.305 e. The number of halogens is 1. The van der Waals surface area contributed by atoms with E-state index in [0.717, 1.165) is 33.1 Å². The van der Waals surface area contributed by atoms with Crippen molar-refractivity contribution in [3.05, 3.63) is 53.8 Å². The molecule has 4 nitrogen and oxygen atoms in total. The van der Waals surface area contributed by atoms with Crippen LogP contribution in [0.3, 0.4) is 0 Å². The van der Waals surface area contributed by atoms with Gasteiger partial charge in [0.05, 0.1) is 0 Å². The molecule has 0 amide bonds. The van der Waals surface area contributed by atoms with Gasteiger partial charge in [-0.1, -0.05) is 23.4 Å². The second-order valence-corrected chi connectivity index (χ2v) is 7.42. The molecule has 3 aromatic rings. The van der Waals surface area contributed by atoms with Crippen LogP contribution in [0, 0.1) is 0 Å². The molecular weight excluding hydrogens is 348 g/mol. The summed E-state index contributed by atoms with van der Waals surface area (Å²) in [5.41, 5.74) is 1.03. The van der Waals surface area contributed by atoms with E-state index in [4.69, 9.17) is 11.6 Å². The highest BCUT2D eigenvalue weighted by Gasteiger charge is 2.10. The number of pyridine rings is 1. The zero-order chi connectivity index (χ0) is 16.1. The van der Waals surface area contributed by atoms with Gasteiger partial charge in [-0.25, -0.2) is 0 Å². The van der Waals surface area contributed by atoms with Crippen molar-refractivity contribution < 1.29 is 0 Å². The van der Waals surface area contributed by atoms with E-state index >= 15 is 0 Å². The number of thioether (sulfide) groups is 2. The highest BCUT2D eigenvalue weighted by Crippen LogP contribution is 2.25. The predicted molar refractivity (Wildman–Crippen MR) is 97.1 cm³/mol. The molecule has 118 valence electrons. The van der Waals surface area contributed by atoms with E-state index in [2.05, 4.69) is 15.2 Å². The predicted octanol–water partition coefficient (Wildman–Crippen LogP) is 4.41. The van der Waals surface area contributed by atoms with E-state index in [9.17, 15) is 0 Å². The Morgan fingerprint density at radius 3 is 2.39 bits per heavy atom. The molecule has 1 aromatic carbocycles. The number of rotatable bonds is 6. The summed E-state index contributed by atoms with van der Waals surface area (Å²) < 4.78 is 2.02. The Balaban J connectivity index is 1.55. The van der Waals surface area contributed by atoms with Crippen molar-refractivity contribution in [3.63, 3.8) is 0 Å². The summed E-state index contributed by atoms with van der Waals surface area (Å²) >= 11 is 9.41. The Bertz CT molecular complexity index is 760. The van der Waals surface area contributed by atoms with Crippen LogP contribution in [-0.4, -0.2) is 31.3 Å². The zero-order valence-electron chi connectivity index (χ0n) is 12.5. The van der Waals surface area contributed by atoms with Gasteiger partial charge < -0.3 is 4.57 Å². The fourth-order valence-electron chi connectivity index (χ4n) is 2.02. The van der Waals surface area contributed by atoms with E-state index in [1.807, 2.05) is 59.8 Å². The van der Waals surface area contributed by atoms with Gasteiger partial charge in [-0.2, -0.15) is 0 Å². The highest BCUT2D eigenvalue weighted by molar-refractivity contribution is 8.02. The lowest BCUT2D eigenvalue weighted by Crippen LogP contribution is -1.96. The Morgan fingerprint density at radius 1 is 0.957 bits per heavy atom. The minimum atomic E-state index is 0.770. The lowest BCUT2D eigenvalue weighted by atomic mass is 10.2. The molecule has 7 heteroatoms. The summed E-state index contributed by atoms with van der Waals surface area (Å²) in [7, 11) is 1.99. The van der Waals surface area contributed by atoms with Crippen LogP contribution in [0.2, 0.25) is 5.02 Å².